The molecule has 0 radical (unpaired) electrons. The standard InChI is InChI=1S/C20H22FNO2/c1-12-10-20(2,3)22-17-9-8-13(15(11-23)18(12)17)14-6-5-7-16(21)19(14)24-4/h5-10,22-23H,11H2,1-4H3. The third-order valence-corrected chi connectivity index (χ3v) is 4.36. The van der Waals surface area contributed by atoms with Crippen LogP contribution >= 0.6 is 0 Å². The van der Waals surface area contributed by atoms with Crippen LogP contribution in [-0.4, -0.2) is 17.8 Å². The van der Waals surface area contributed by atoms with E-state index in [2.05, 4.69) is 25.2 Å². The zero-order valence-electron chi connectivity index (χ0n) is 14.4. The van der Waals surface area contributed by atoms with Crippen molar-refractivity contribution in [3.05, 3.63) is 53.4 Å². The Morgan fingerprint density at radius 3 is 2.58 bits per heavy atom. The highest BCUT2D eigenvalue weighted by Gasteiger charge is 2.26. The summed E-state index contributed by atoms with van der Waals surface area (Å²) in [5.74, 6) is -0.221. The molecule has 3 rings (SSSR count). The number of rotatable bonds is 3. The third kappa shape index (κ3) is 2.67. The van der Waals surface area contributed by atoms with Crippen LogP contribution in [0.5, 0.6) is 5.75 Å². The van der Waals surface area contributed by atoms with Crippen LogP contribution in [0.1, 0.15) is 31.9 Å². The lowest BCUT2D eigenvalue weighted by atomic mass is 9.85. The number of hydrogen-bond donors (Lipinski definition) is 2. The topological polar surface area (TPSA) is 41.5 Å². The molecule has 0 fully saturated rings. The summed E-state index contributed by atoms with van der Waals surface area (Å²) < 4.78 is 19.3. The molecule has 0 amide bonds. The highest BCUT2D eigenvalue weighted by molar-refractivity contribution is 5.88. The quantitative estimate of drug-likeness (QED) is 0.865. The summed E-state index contributed by atoms with van der Waals surface area (Å²) in [4.78, 5) is 0. The highest BCUT2D eigenvalue weighted by atomic mass is 19.1. The molecule has 4 heteroatoms. The summed E-state index contributed by atoms with van der Waals surface area (Å²) >= 11 is 0. The number of allylic oxidation sites excluding steroid dienone is 1. The van der Waals surface area contributed by atoms with E-state index in [4.69, 9.17) is 4.74 Å². The van der Waals surface area contributed by atoms with Crippen molar-refractivity contribution in [1.82, 2.24) is 0 Å². The molecule has 3 nitrogen and oxygen atoms in total. The molecule has 1 heterocycles. The Bertz CT molecular complexity index is 825. The molecule has 0 spiro atoms. The number of anilines is 1. The number of ether oxygens (including phenoxy) is 1. The Hall–Kier alpha value is -2.33. The highest BCUT2D eigenvalue weighted by Crippen LogP contribution is 2.42. The van der Waals surface area contributed by atoms with Crippen molar-refractivity contribution in [2.75, 3.05) is 12.4 Å². The predicted molar refractivity (Wildman–Crippen MR) is 95.7 cm³/mol. The van der Waals surface area contributed by atoms with E-state index in [-0.39, 0.29) is 17.9 Å². The Labute approximate surface area is 141 Å². The second kappa shape index (κ2) is 5.95. The molecule has 0 bridgehead atoms. The average Bonchev–Trinajstić information content (AvgIpc) is 2.52. The normalized spacial score (nSPS) is 15.3. The largest absolute Gasteiger partial charge is 0.493 e. The van der Waals surface area contributed by atoms with Gasteiger partial charge in [0.25, 0.3) is 0 Å². The first-order chi connectivity index (χ1) is 11.4. The van der Waals surface area contributed by atoms with E-state index in [1.807, 2.05) is 25.1 Å². The maximum atomic E-state index is 14.1. The lowest BCUT2D eigenvalue weighted by Crippen LogP contribution is -2.31. The van der Waals surface area contributed by atoms with Gasteiger partial charge in [0.15, 0.2) is 11.6 Å². The molecule has 1 aliphatic heterocycles. The van der Waals surface area contributed by atoms with Crippen molar-refractivity contribution in [3.8, 4) is 16.9 Å². The molecule has 2 aromatic carbocycles. The van der Waals surface area contributed by atoms with Crippen LogP contribution in [-0.2, 0) is 6.61 Å². The second-order valence-electron chi connectivity index (χ2n) is 6.67. The number of fused-ring (bicyclic) bond motifs is 1. The molecule has 2 aromatic rings. The maximum Gasteiger partial charge on any atom is 0.165 e. The fourth-order valence-electron chi connectivity index (χ4n) is 3.54. The minimum atomic E-state index is -0.414. The molecule has 0 atom stereocenters. The molecule has 0 unspecified atom stereocenters. The zero-order valence-corrected chi connectivity index (χ0v) is 14.4. The van der Waals surface area contributed by atoms with E-state index in [1.165, 1.54) is 13.2 Å². The van der Waals surface area contributed by atoms with Crippen LogP contribution in [0.3, 0.4) is 0 Å². The van der Waals surface area contributed by atoms with Gasteiger partial charge in [-0.15, -0.1) is 0 Å². The van der Waals surface area contributed by atoms with Crippen molar-refractivity contribution in [2.24, 2.45) is 0 Å². The minimum Gasteiger partial charge on any atom is -0.493 e. The van der Waals surface area contributed by atoms with Crippen LogP contribution in [0.25, 0.3) is 16.7 Å². The minimum absolute atomic E-state index is 0.133. The first-order valence-corrected chi connectivity index (χ1v) is 7.95. The number of methoxy groups -OCH3 is 1. The van der Waals surface area contributed by atoms with Gasteiger partial charge in [-0.2, -0.15) is 0 Å². The lowest BCUT2D eigenvalue weighted by Gasteiger charge is -2.33. The SMILES string of the molecule is COc1c(F)cccc1-c1ccc2c(c1CO)C(C)=CC(C)(C)N2. The maximum absolute atomic E-state index is 14.1. The predicted octanol–water partition coefficient (Wildman–Crippen LogP) is 4.60. The van der Waals surface area contributed by atoms with Crippen molar-refractivity contribution >= 4 is 11.3 Å². The first-order valence-electron chi connectivity index (χ1n) is 7.95. The van der Waals surface area contributed by atoms with E-state index in [0.29, 0.717) is 5.56 Å². The molecule has 24 heavy (non-hydrogen) atoms. The summed E-state index contributed by atoms with van der Waals surface area (Å²) in [6, 6.07) is 8.71. The number of para-hydroxylation sites is 1. The smallest absolute Gasteiger partial charge is 0.165 e. The van der Waals surface area contributed by atoms with Gasteiger partial charge in [0, 0.05) is 16.8 Å². The van der Waals surface area contributed by atoms with Crippen molar-refractivity contribution in [2.45, 2.75) is 32.9 Å². The number of aliphatic hydroxyl groups is 1. The summed E-state index contributed by atoms with van der Waals surface area (Å²) in [6.45, 7) is 6.10. The lowest BCUT2D eigenvalue weighted by molar-refractivity contribution is 0.282. The Morgan fingerprint density at radius 2 is 1.92 bits per heavy atom. The van der Waals surface area contributed by atoms with Crippen LogP contribution in [0.15, 0.2) is 36.4 Å². The van der Waals surface area contributed by atoms with Gasteiger partial charge in [-0.25, -0.2) is 4.39 Å². The van der Waals surface area contributed by atoms with Gasteiger partial charge in [0.2, 0.25) is 0 Å². The zero-order chi connectivity index (χ0) is 17.5. The number of hydrogen-bond acceptors (Lipinski definition) is 3. The number of nitrogens with one attached hydrogen (secondary N) is 1. The summed E-state index contributed by atoms with van der Waals surface area (Å²) in [5, 5.41) is 13.5. The molecule has 0 aliphatic carbocycles. The van der Waals surface area contributed by atoms with Crippen LogP contribution < -0.4 is 10.1 Å². The number of aliphatic hydroxyl groups excluding tert-OH is 1. The van der Waals surface area contributed by atoms with Gasteiger partial charge in [-0.05, 0) is 49.6 Å². The molecule has 0 saturated carbocycles. The first kappa shape index (κ1) is 16.5. The van der Waals surface area contributed by atoms with E-state index < -0.39 is 5.82 Å². The van der Waals surface area contributed by atoms with Crippen LogP contribution in [0.4, 0.5) is 10.1 Å². The van der Waals surface area contributed by atoms with Gasteiger partial charge in [0.1, 0.15) is 0 Å². The Kier molecular flexibility index (Phi) is 4.10. The van der Waals surface area contributed by atoms with Crippen molar-refractivity contribution in [3.63, 3.8) is 0 Å². The molecule has 1 aliphatic rings. The molecular weight excluding hydrogens is 305 g/mol. The van der Waals surface area contributed by atoms with Gasteiger partial charge < -0.3 is 15.2 Å². The van der Waals surface area contributed by atoms with Gasteiger partial charge >= 0.3 is 0 Å². The van der Waals surface area contributed by atoms with Crippen molar-refractivity contribution in [1.29, 1.82) is 0 Å². The van der Waals surface area contributed by atoms with E-state index >= 15 is 0 Å². The van der Waals surface area contributed by atoms with E-state index in [1.54, 1.807) is 6.07 Å². The van der Waals surface area contributed by atoms with Crippen LogP contribution in [0, 0.1) is 5.82 Å². The Balaban J connectivity index is 2.27. The van der Waals surface area contributed by atoms with Crippen LogP contribution in [0.2, 0.25) is 0 Å². The molecular formula is C20H22FNO2. The fourth-order valence-corrected chi connectivity index (χ4v) is 3.54. The van der Waals surface area contributed by atoms with Gasteiger partial charge in [0.05, 0.1) is 19.3 Å². The van der Waals surface area contributed by atoms with Gasteiger partial charge in [-0.1, -0.05) is 24.3 Å². The summed E-state index contributed by atoms with van der Waals surface area (Å²) in [7, 11) is 1.45. The molecule has 0 saturated heterocycles. The summed E-state index contributed by atoms with van der Waals surface area (Å²) in [5.41, 5.74) is 5.08. The third-order valence-electron chi connectivity index (χ3n) is 4.36. The monoisotopic (exact) mass is 327 g/mol. The molecule has 0 aromatic heterocycles. The van der Waals surface area contributed by atoms with E-state index in [0.717, 1.165) is 28.0 Å². The van der Waals surface area contributed by atoms with Gasteiger partial charge in [-0.3, -0.25) is 0 Å². The summed E-state index contributed by atoms with van der Waals surface area (Å²) in [6.07, 6.45) is 2.14. The second-order valence-corrected chi connectivity index (χ2v) is 6.67. The average molecular weight is 327 g/mol. The molecule has 2 N–H and O–H groups in total. The van der Waals surface area contributed by atoms with E-state index in [9.17, 15) is 9.50 Å². The number of benzene rings is 2. The number of halogens is 1. The molecule has 126 valence electrons. The Morgan fingerprint density at radius 1 is 1.17 bits per heavy atom. The fraction of sp³-hybridized carbons (Fsp3) is 0.300. The van der Waals surface area contributed by atoms with Crippen molar-refractivity contribution < 1.29 is 14.2 Å².